The second-order valence-corrected chi connectivity index (χ2v) is 13.4. The Bertz CT molecular complexity index is 2710. The average molecular weight is 636 g/mol. The summed E-state index contributed by atoms with van der Waals surface area (Å²) in [5, 5.41) is 2.49. The second-order valence-electron chi connectivity index (χ2n) is 13.4. The Morgan fingerprint density at radius 2 is 0.960 bits per heavy atom. The van der Waals surface area contributed by atoms with Gasteiger partial charge in [0.2, 0.25) is 0 Å². The topological polar surface area (TPSA) is 30.7 Å². The van der Waals surface area contributed by atoms with Crippen LogP contribution in [-0.2, 0) is 5.41 Å². The summed E-state index contributed by atoms with van der Waals surface area (Å²) in [6, 6.07) is 59.8. The van der Waals surface area contributed by atoms with Gasteiger partial charge in [0, 0.05) is 28.9 Å². The van der Waals surface area contributed by atoms with Crippen LogP contribution in [0, 0.1) is 0 Å². The lowest BCUT2D eigenvalue weighted by Crippen LogP contribution is -2.26. The summed E-state index contributed by atoms with van der Waals surface area (Å²) in [5.74, 6) is 0. The Morgan fingerprint density at radius 3 is 1.64 bits per heavy atom. The number of pyridine rings is 2. The minimum atomic E-state index is -0.518. The molecule has 11 rings (SSSR count). The van der Waals surface area contributed by atoms with Gasteiger partial charge in [-0.1, -0.05) is 115 Å². The van der Waals surface area contributed by atoms with Crippen molar-refractivity contribution in [3.8, 4) is 50.5 Å². The molecule has 9 aromatic rings. The fraction of sp³-hybridized carbons (Fsp3) is 0.0213. The minimum absolute atomic E-state index is 0.518. The van der Waals surface area contributed by atoms with Gasteiger partial charge in [-0.2, -0.15) is 0 Å². The third-order valence-electron chi connectivity index (χ3n) is 10.9. The molecule has 3 heterocycles. The largest absolute Gasteiger partial charge is 0.309 e. The predicted molar refractivity (Wildman–Crippen MR) is 204 cm³/mol. The van der Waals surface area contributed by atoms with E-state index >= 15 is 0 Å². The number of para-hydroxylation sites is 1. The summed E-state index contributed by atoms with van der Waals surface area (Å²) in [5.41, 5.74) is 17.2. The summed E-state index contributed by atoms with van der Waals surface area (Å²) >= 11 is 0. The third-order valence-corrected chi connectivity index (χ3v) is 10.9. The molecule has 6 aromatic carbocycles. The number of aromatic nitrogens is 3. The summed E-state index contributed by atoms with van der Waals surface area (Å²) in [4.78, 5) is 9.87. The number of rotatable bonds is 3. The van der Waals surface area contributed by atoms with Crippen LogP contribution in [0.2, 0.25) is 0 Å². The highest BCUT2D eigenvalue weighted by molar-refractivity contribution is 6.12. The number of nitrogens with zero attached hydrogens (tertiary/aromatic N) is 3. The average Bonchev–Trinajstić information content (AvgIpc) is 3.79. The number of benzene rings is 6. The molecule has 50 heavy (non-hydrogen) atoms. The highest BCUT2D eigenvalue weighted by Gasteiger charge is 2.53. The van der Waals surface area contributed by atoms with Crippen LogP contribution in [0.5, 0.6) is 0 Å². The smallest absolute Gasteiger partial charge is 0.0937 e. The first kappa shape index (κ1) is 27.4. The first-order valence-corrected chi connectivity index (χ1v) is 17.2. The molecule has 3 aromatic heterocycles. The SMILES string of the molecule is c1ccc(-c2cc(-c3ccccc3)cc(-n3c4ccccc4c4cc5c(cc43)C3(c4ccccc4-5)c4cccnc4-c4ncccc43)c2)cc1. The zero-order chi connectivity index (χ0) is 32.8. The van der Waals surface area contributed by atoms with Gasteiger partial charge < -0.3 is 4.57 Å². The van der Waals surface area contributed by atoms with Crippen LogP contribution in [-0.4, -0.2) is 14.5 Å². The number of hydrogen-bond acceptors (Lipinski definition) is 2. The van der Waals surface area contributed by atoms with Crippen molar-refractivity contribution in [2.75, 3.05) is 0 Å². The van der Waals surface area contributed by atoms with Crippen molar-refractivity contribution in [3.63, 3.8) is 0 Å². The molecule has 0 aliphatic heterocycles. The van der Waals surface area contributed by atoms with Gasteiger partial charge in [-0.25, -0.2) is 0 Å². The highest BCUT2D eigenvalue weighted by Crippen LogP contribution is 2.62. The summed E-state index contributed by atoms with van der Waals surface area (Å²) in [6.45, 7) is 0. The molecule has 0 radical (unpaired) electrons. The molecule has 232 valence electrons. The molecule has 3 nitrogen and oxygen atoms in total. The van der Waals surface area contributed by atoms with Crippen molar-refractivity contribution in [1.82, 2.24) is 14.5 Å². The Hall–Kier alpha value is -6.58. The maximum atomic E-state index is 4.94. The van der Waals surface area contributed by atoms with E-state index in [-0.39, 0.29) is 0 Å². The van der Waals surface area contributed by atoms with Gasteiger partial charge in [-0.15, -0.1) is 0 Å². The van der Waals surface area contributed by atoms with E-state index < -0.39 is 5.41 Å². The summed E-state index contributed by atoms with van der Waals surface area (Å²) in [6.07, 6.45) is 3.78. The Labute approximate surface area is 289 Å². The monoisotopic (exact) mass is 635 g/mol. The van der Waals surface area contributed by atoms with Crippen LogP contribution >= 0.6 is 0 Å². The maximum absolute atomic E-state index is 4.94. The van der Waals surface area contributed by atoms with Crippen LogP contribution in [0.1, 0.15) is 22.3 Å². The molecule has 0 N–H and O–H groups in total. The third kappa shape index (κ3) is 3.58. The van der Waals surface area contributed by atoms with Crippen molar-refractivity contribution in [2.45, 2.75) is 5.41 Å². The Balaban J connectivity index is 1.27. The molecule has 3 heteroatoms. The molecule has 0 amide bonds. The van der Waals surface area contributed by atoms with E-state index in [4.69, 9.17) is 9.97 Å². The van der Waals surface area contributed by atoms with Gasteiger partial charge in [0.05, 0.1) is 27.8 Å². The minimum Gasteiger partial charge on any atom is -0.309 e. The Morgan fingerprint density at radius 1 is 0.380 bits per heavy atom. The van der Waals surface area contributed by atoms with E-state index in [1.165, 1.54) is 77.4 Å². The molecular weight excluding hydrogens is 607 g/mol. The van der Waals surface area contributed by atoms with Crippen LogP contribution in [0.25, 0.3) is 72.3 Å². The lowest BCUT2D eigenvalue weighted by molar-refractivity contribution is 0.790. The van der Waals surface area contributed by atoms with Crippen molar-refractivity contribution >= 4 is 21.8 Å². The summed E-state index contributed by atoms with van der Waals surface area (Å²) in [7, 11) is 0. The first-order valence-electron chi connectivity index (χ1n) is 17.2. The van der Waals surface area contributed by atoms with Crippen molar-refractivity contribution in [2.24, 2.45) is 0 Å². The van der Waals surface area contributed by atoms with Crippen LogP contribution in [0.4, 0.5) is 0 Å². The van der Waals surface area contributed by atoms with Gasteiger partial charge in [0.1, 0.15) is 0 Å². The molecule has 0 unspecified atom stereocenters. The van der Waals surface area contributed by atoms with Gasteiger partial charge in [-0.05, 0) is 104 Å². The molecule has 0 fully saturated rings. The lowest BCUT2D eigenvalue weighted by atomic mass is 9.71. The fourth-order valence-corrected chi connectivity index (χ4v) is 8.87. The number of fused-ring (bicyclic) bond motifs is 13. The van der Waals surface area contributed by atoms with E-state index in [1.54, 1.807) is 0 Å². The van der Waals surface area contributed by atoms with Gasteiger partial charge in [-0.3, -0.25) is 9.97 Å². The van der Waals surface area contributed by atoms with E-state index in [0.29, 0.717) is 0 Å². The normalized spacial score (nSPS) is 13.4. The predicted octanol–water partition coefficient (Wildman–Crippen LogP) is 11.3. The highest BCUT2D eigenvalue weighted by atomic mass is 15.0. The molecule has 1 spiro atoms. The van der Waals surface area contributed by atoms with Crippen LogP contribution < -0.4 is 0 Å². The van der Waals surface area contributed by atoms with E-state index in [9.17, 15) is 0 Å². The fourth-order valence-electron chi connectivity index (χ4n) is 8.87. The summed E-state index contributed by atoms with van der Waals surface area (Å²) < 4.78 is 2.48. The van der Waals surface area contributed by atoms with Gasteiger partial charge >= 0.3 is 0 Å². The molecule has 2 aliphatic carbocycles. The maximum Gasteiger partial charge on any atom is 0.0937 e. The molecule has 0 bridgehead atoms. The van der Waals surface area contributed by atoms with Crippen LogP contribution in [0.3, 0.4) is 0 Å². The van der Waals surface area contributed by atoms with Crippen molar-refractivity contribution in [3.05, 3.63) is 198 Å². The second kappa shape index (κ2) is 10.2. The molecule has 0 saturated carbocycles. The van der Waals surface area contributed by atoms with Gasteiger partial charge in [0.25, 0.3) is 0 Å². The van der Waals surface area contributed by atoms with E-state index in [1.807, 2.05) is 12.4 Å². The van der Waals surface area contributed by atoms with Gasteiger partial charge in [0.15, 0.2) is 0 Å². The van der Waals surface area contributed by atoms with Crippen molar-refractivity contribution in [1.29, 1.82) is 0 Å². The van der Waals surface area contributed by atoms with Crippen LogP contribution in [0.15, 0.2) is 176 Å². The zero-order valence-electron chi connectivity index (χ0n) is 27.1. The molecule has 0 atom stereocenters. The molecule has 2 aliphatic rings. The first-order chi connectivity index (χ1) is 24.8. The zero-order valence-corrected chi connectivity index (χ0v) is 27.1. The molecular formula is C47H29N3. The number of hydrogen-bond donors (Lipinski definition) is 0. The quantitative estimate of drug-likeness (QED) is 0.193. The lowest BCUT2D eigenvalue weighted by Gasteiger charge is -2.29. The molecule has 0 saturated heterocycles. The standard InChI is InChI=1S/C47H29N3/c1-3-13-30(14-4-1)32-25-33(31-15-5-2-6-16-31)27-34(26-32)50-43-22-10-8-18-36(43)38-28-37-35-17-7-9-19-39(35)47(42(37)29-44(38)50)40-20-11-23-48-45(40)46-41(47)21-12-24-49-46/h1-29H. The van der Waals surface area contributed by atoms with E-state index in [2.05, 4.69) is 168 Å². The van der Waals surface area contributed by atoms with E-state index in [0.717, 1.165) is 17.1 Å². The Kier molecular flexibility index (Phi) is 5.59. The van der Waals surface area contributed by atoms with Crippen molar-refractivity contribution < 1.29 is 0 Å².